The van der Waals surface area contributed by atoms with Crippen LogP contribution in [0, 0.1) is 0 Å². The van der Waals surface area contributed by atoms with Crippen LogP contribution in [0.1, 0.15) is 12.2 Å². The number of H-pyrrole nitrogens is 1. The number of hydrogen-bond acceptors (Lipinski definition) is 2. The predicted octanol–water partition coefficient (Wildman–Crippen LogP) is 2.16. The molecular weight excluding hydrogens is 228 g/mol. The van der Waals surface area contributed by atoms with Crippen LogP contribution < -0.4 is 10.6 Å². The highest BCUT2D eigenvalue weighted by atomic mass is 16.2. The highest BCUT2D eigenvalue weighted by Crippen LogP contribution is 2.04. The van der Waals surface area contributed by atoms with Gasteiger partial charge in [0.2, 0.25) is 0 Å². The van der Waals surface area contributed by atoms with Gasteiger partial charge in [-0.2, -0.15) is 0 Å². The van der Waals surface area contributed by atoms with Crippen molar-refractivity contribution in [3.8, 4) is 0 Å². The number of imidazole rings is 1. The topological polar surface area (TPSA) is 69.8 Å². The number of aryl methyl sites for hydroxylation is 1. The molecule has 1 heterocycles. The lowest BCUT2D eigenvalue weighted by Gasteiger charge is -2.06. The fraction of sp³-hybridized carbons (Fsp3) is 0.231. The molecular formula is C13H16N4O. The average molecular weight is 244 g/mol. The Bertz CT molecular complexity index is 467. The molecule has 1 aromatic carbocycles. The lowest BCUT2D eigenvalue weighted by atomic mass is 10.3. The van der Waals surface area contributed by atoms with Crippen LogP contribution in [0.5, 0.6) is 0 Å². The van der Waals surface area contributed by atoms with Crippen LogP contribution in [-0.4, -0.2) is 22.5 Å². The molecule has 0 aliphatic heterocycles. The maximum atomic E-state index is 11.5. The molecule has 0 aliphatic carbocycles. The highest BCUT2D eigenvalue weighted by Gasteiger charge is 2.00. The molecule has 0 bridgehead atoms. The van der Waals surface area contributed by atoms with Gasteiger partial charge in [-0.1, -0.05) is 18.2 Å². The van der Waals surface area contributed by atoms with E-state index in [-0.39, 0.29) is 6.03 Å². The second kappa shape index (κ2) is 6.44. The first-order chi connectivity index (χ1) is 8.84. The molecule has 0 fully saturated rings. The van der Waals surface area contributed by atoms with Gasteiger partial charge in [0, 0.05) is 31.0 Å². The van der Waals surface area contributed by atoms with E-state index in [0.717, 1.165) is 24.4 Å². The molecule has 1 aromatic heterocycles. The van der Waals surface area contributed by atoms with Crippen molar-refractivity contribution in [1.82, 2.24) is 15.3 Å². The van der Waals surface area contributed by atoms with Crippen molar-refractivity contribution in [2.75, 3.05) is 11.9 Å². The monoisotopic (exact) mass is 244 g/mol. The number of aromatic nitrogens is 2. The third kappa shape index (κ3) is 3.93. The number of nitrogens with zero attached hydrogens (tertiary/aromatic N) is 1. The van der Waals surface area contributed by atoms with Crippen molar-refractivity contribution >= 4 is 11.7 Å². The summed E-state index contributed by atoms with van der Waals surface area (Å²) in [4.78, 5) is 18.7. The summed E-state index contributed by atoms with van der Waals surface area (Å²) >= 11 is 0. The molecule has 3 N–H and O–H groups in total. The van der Waals surface area contributed by atoms with Crippen LogP contribution in [0.3, 0.4) is 0 Å². The van der Waals surface area contributed by atoms with Crippen molar-refractivity contribution in [3.63, 3.8) is 0 Å². The van der Waals surface area contributed by atoms with Gasteiger partial charge in [0.25, 0.3) is 0 Å². The molecule has 0 unspecified atom stereocenters. The van der Waals surface area contributed by atoms with E-state index in [9.17, 15) is 4.79 Å². The Kier molecular flexibility index (Phi) is 4.35. The normalized spacial score (nSPS) is 10.0. The fourth-order valence-corrected chi connectivity index (χ4v) is 1.59. The van der Waals surface area contributed by atoms with Gasteiger partial charge in [0.05, 0.1) is 0 Å². The first kappa shape index (κ1) is 12.2. The summed E-state index contributed by atoms with van der Waals surface area (Å²) in [5.41, 5.74) is 0.793. The van der Waals surface area contributed by atoms with Crippen LogP contribution in [-0.2, 0) is 6.42 Å². The van der Waals surface area contributed by atoms with Gasteiger partial charge in [-0.05, 0) is 18.6 Å². The minimum absolute atomic E-state index is 0.180. The lowest BCUT2D eigenvalue weighted by Crippen LogP contribution is -2.29. The number of hydrogen-bond donors (Lipinski definition) is 3. The summed E-state index contributed by atoms with van der Waals surface area (Å²) in [5, 5.41) is 5.56. The minimum atomic E-state index is -0.180. The third-order valence-electron chi connectivity index (χ3n) is 2.46. The molecule has 2 rings (SSSR count). The van der Waals surface area contributed by atoms with E-state index < -0.39 is 0 Å². The molecule has 5 nitrogen and oxygen atoms in total. The van der Waals surface area contributed by atoms with E-state index in [0.29, 0.717) is 6.54 Å². The van der Waals surface area contributed by atoms with Gasteiger partial charge in [-0.15, -0.1) is 0 Å². The van der Waals surface area contributed by atoms with Crippen LogP contribution >= 0.6 is 0 Å². The van der Waals surface area contributed by atoms with Gasteiger partial charge < -0.3 is 15.6 Å². The lowest BCUT2D eigenvalue weighted by molar-refractivity contribution is 0.252. The van der Waals surface area contributed by atoms with Gasteiger partial charge in [-0.3, -0.25) is 0 Å². The molecule has 2 amide bonds. The van der Waals surface area contributed by atoms with Crippen LogP contribution in [0.2, 0.25) is 0 Å². The van der Waals surface area contributed by atoms with Gasteiger partial charge in [-0.25, -0.2) is 9.78 Å². The summed E-state index contributed by atoms with van der Waals surface area (Å²) in [5.74, 6) is 0.945. The number of rotatable bonds is 5. The van der Waals surface area contributed by atoms with Crippen molar-refractivity contribution in [3.05, 3.63) is 48.5 Å². The molecule has 0 aliphatic rings. The van der Waals surface area contributed by atoms with E-state index >= 15 is 0 Å². The number of amides is 2. The van der Waals surface area contributed by atoms with Crippen molar-refractivity contribution in [1.29, 1.82) is 0 Å². The van der Waals surface area contributed by atoms with E-state index in [1.54, 1.807) is 12.4 Å². The first-order valence-electron chi connectivity index (χ1n) is 5.93. The third-order valence-corrected chi connectivity index (χ3v) is 2.46. The molecule has 0 radical (unpaired) electrons. The molecule has 0 atom stereocenters. The summed E-state index contributed by atoms with van der Waals surface area (Å²) in [7, 11) is 0. The number of anilines is 1. The van der Waals surface area contributed by atoms with Crippen LogP contribution in [0.15, 0.2) is 42.7 Å². The molecule has 5 heteroatoms. The standard InChI is InChI=1S/C13H16N4O/c18-13(17-11-5-2-1-3-6-11)16-8-4-7-12-14-9-10-15-12/h1-3,5-6,9-10H,4,7-8H2,(H,14,15)(H2,16,17,18). The van der Waals surface area contributed by atoms with E-state index in [1.807, 2.05) is 30.3 Å². The molecule has 0 saturated carbocycles. The second-order valence-electron chi connectivity index (χ2n) is 3.89. The Hall–Kier alpha value is -2.30. The summed E-state index contributed by atoms with van der Waals surface area (Å²) in [6, 6.07) is 9.19. The number of carbonyl (C=O) groups excluding carboxylic acids is 1. The summed E-state index contributed by atoms with van der Waals surface area (Å²) in [6.45, 7) is 0.624. The maximum Gasteiger partial charge on any atom is 0.319 e. The first-order valence-corrected chi connectivity index (χ1v) is 5.93. The summed E-state index contributed by atoms with van der Waals surface area (Å²) < 4.78 is 0. The number of nitrogens with one attached hydrogen (secondary N) is 3. The predicted molar refractivity (Wildman–Crippen MR) is 70.4 cm³/mol. The van der Waals surface area contributed by atoms with Crippen molar-refractivity contribution in [2.24, 2.45) is 0 Å². The Balaban J connectivity index is 1.63. The smallest absolute Gasteiger partial charge is 0.319 e. The van der Waals surface area contributed by atoms with Gasteiger partial charge in [0.15, 0.2) is 0 Å². The second-order valence-corrected chi connectivity index (χ2v) is 3.89. The maximum absolute atomic E-state index is 11.5. The SMILES string of the molecule is O=C(NCCCc1ncc[nH]1)Nc1ccccc1. The van der Waals surface area contributed by atoms with Crippen LogP contribution in [0.25, 0.3) is 0 Å². The molecule has 2 aromatic rings. The molecule has 18 heavy (non-hydrogen) atoms. The van der Waals surface area contributed by atoms with Crippen molar-refractivity contribution < 1.29 is 4.79 Å². The Morgan fingerprint density at radius 1 is 1.28 bits per heavy atom. The Morgan fingerprint density at radius 2 is 2.11 bits per heavy atom. The van der Waals surface area contributed by atoms with Crippen LogP contribution in [0.4, 0.5) is 10.5 Å². The number of carbonyl (C=O) groups is 1. The number of aromatic amines is 1. The highest BCUT2D eigenvalue weighted by molar-refractivity contribution is 5.89. The zero-order valence-corrected chi connectivity index (χ0v) is 10.0. The quantitative estimate of drug-likeness (QED) is 0.705. The molecule has 0 saturated heterocycles. The number of urea groups is 1. The minimum Gasteiger partial charge on any atom is -0.349 e. The Morgan fingerprint density at radius 3 is 2.83 bits per heavy atom. The van der Waals surface area contributed by atoms with Gasteiger partial charge in [0.1, 0.15) is 5.82 Å². The largest absolute Gasteiger partial charge is 0.349 e. The number of benzene rings is 1. The zero-order chi connectivity index (χ0) is 12.6. The average Bonchev–Trinajstić information content (AvgIpc) is 2.89. The van der Waals surface area contributed by atoms with E-state index in [1.165, 1.54) is 0 Å². The van der Waals surface area contributed by atoms with Gasteiger partial charge >= 0.3 is 6.03 Å². The zero-order valence-electron chi connectivity index (χ0n) is 10.0. The summed E-state index contributed by atoms with van der Waals surface area (Å²) in [6.07, 6.45) is 5.21. The fourth-order valence-electron chi connectivity index (χ4n) is 1.59. The molecule has 94 valence electrons. The van der Waals surface area contributed by atoms with Crippen molar-refractivity contribution in [2.45, 2.75) is 12.8 Å². The van der Waals surface area contributed by atoms with E-state index in [2.05, 4.69) is 20.6 Å². The molecule has 0 spiro atoms. The van der Waals surface area contributed by atoms with E-state index in [4.69, 9.17) is 0 Å². The number of para-hydroxylation sites is 1. The Labute approximate surface area is 106 Å².